The molecule has 0 aliphatic rings. The number of nitrogens with one attached hydrogen (secondary N) is 2. The van der Waals surface area contributed by atoms with Crippen molar-refractivity contribution in [1.82, 2.24) is 4.72 Å². The first-order chi connectivity index (χ1) is 15.3. The fourth-order valence-corrected chi connectivity index (χ4v) is 4.26. The molecule has 8 heteroatoms. The molecule has 3 aromatic carbocycles. The van der Waals surface area contributed by atoms with Crippen LogP contribution in [-0.4, -0.2) is 32.9 Å². The van der Waals surface area contributed by atoms with Crippen LogP contribution in [0.1, 0.15) is 24.2 Å². The monoisotopic (exact) mass is 452 g/mol. The second-order valence-corrected chi connectivity index (χ2v) is 9.05. The highest BCUT2D eigenvalue weighted by molar-refractivity contribution is 7.89. The molecule has 7 nitrogen and oxygen atoms in total. The Morgan fingerprint density at radius 3 is 2.16 bits per heavy atom. The Kier molecular flexibility index (Phi) is 7.40. The van der Waals surface area contributed by atoms with Crippen LogP contribution in [0, 0.1) is 0 Å². The van der Waals surface area contributed by atoms with Crippen molar-refractivity contribution >= 4 is 27.6 Å². The van der Waals surface area contributed by atoms with Crippen LogP contribution in [-0.2, 0) is 19.6 Å². The first kappa shape index (κ1) is 23.2. The first-order valence-electron chi connectivity index (χ1n) is 10.00. The molecule has 0 aliphatic heterocycles. The third kappa shape index (κ3) is 6.03. The summed E-state index contributed by atoms with van der Waals surface area (Å²) in [6.45, 7) is 2.95. The highest BCUT2D eigenvalue weighted by Crippen LogP contribution is 2.27. The maximum Gasteiger partial charge on any atom is 0.338 e. The minimum absolute atomic E-state index is 0.0398. The lowest BCUT2D eigenvalue weighted by Crippen LogP contribution is -2.30. The van der Waals surface area contributed by atoms with E-state index in [1.807, 2.05) is 42.5 Å². The predicted octanol–water partition coefficient (Wildman–Crippen LogP) is 3.84. The van der Waals surface area contributed by atoms with Gasteiger partial charge >= 0.3 is 5.97 Å². The molecule has 0 bridgehead atoms. The van der Waals surface area contributed by atoms with Crippen molar-refractivity contribution in [2.24, 2.45) is 0 Å². The second-order valence-electron chi connectivity index (χ2n) is 7.34. The van der Waals surface area contributed by atoms with Gasteiger partial charge in [-0.25, -0.2) is 17.9 Å². The Morgan fingerprint density at radius 1 is 0.875 bits per heavy atom. The second kappa shape index (κ2) is 10.2. The van der Waals surface area contributed by atoms with Gasteiger partial charge in [0.05, 0.1) is 10.5 Å². The van der Waals surface area contributed by atoms with Crippen LogP contribution < -0.4 is 10.0 Å². The zero-order chi connectivity index (χ0) is 23.1. The van der Waals surface area contributed by atoms with E-state index >= 15 is 0 Å². The van der Waals surface area contributed by atoms with E-state index in [-0.39, 0.29) is 16.5 Å². The number of sulfonamides is 1. The van der Waals surface area contributed by atoms with Gasteiger partial charge in [0.1, 0.15) is 0 Å². The number of rotatable bonds is 8. The number of benzene rings is 3. The quantitative estimate of drug-likeness (QED) is 0.506. The topological polar surface area (TPSA) is 102 Å². The number of anilines is 1. The maximum absolute atomic E-state index is 12.3. The molecule has 3 rings (SSSR count). The normalized spacial score (nSPS) is 11.2. The van der Waals surface area contributed by atoms with E-state index in [0.717, 1.165) is 11.1 Å². The van der Waals surface area contributed by atoms with Gasteiger partial charge in [-0.3, -0.25) is 4.79 Å². The van der Waals surface area contributed by atoms with Gasteiger partial charge in [-0.1, -0.05) is 48.5 Å². The standard InChI is InChI=1S/C24H24N2O5S/c1-17(2)26-32(29,30)20-14-12-19(13-15-20)24(28)31-16-23(27)25-22-11-7-6-10-21(22)18-8-4-3-5-9-18/h3-15,17,26H,16H2,1-2H3,(H,25,27). The van der Waals surface area contributed by atoms with E-state index in [1.54, 1.807) is 26.0 Å². The van der Waals surface area contributed by atoms with E-state index in [1.165, 1.54) is 24.3 Å². The number of ether oxygens (including phenoxy) is 1. The van der Waals surface area contributed by atoms with Gasteiger partial charge in [0.2, 0.25) is 10.0 Å². The molecule has 0 saturated heterocycles. The van der Waals surface area contributed by atoms with Gasteiger partial charge in [-0.15, -0.1) is 0 Å². The van der Waals surface area contributed by atoms with Crippen LogP contribution in [0.4, 0.5) is 5.69 Å². The summed E-state index contributed by atoms with van der Waals surface area (Å²) < 4.78 is 31.9. The van der Waals surface area contributed by atoms with Crippen molar-refractivity contribution < 1.29 is 22.7 Å². The highest BCUT2D eigenvalue weighted by atomic mass is 32.2. The van der Waals surface area contributed by atoms with Crippen molar-refractivity contribution in [1.29, 1.82) is 0 Å². The maximum atomic E-state index is 12.3. The molecule has 0 radical (unpaired) electrons. The highest BCUT2D eigenvalue weighted by Gasteiger charge is 2.17. The van der Waals surface area contributed by atoms with Crippen LogP contribution in [0.15, 0.2) is 83.8 Å². The zero-order valence-electron chi connectivity index (χ0n) is 17.7. The van der Waals surface area contributed by atoms with Crippen LogP contribution in [0.2, 0.25) is 0 Å². The number of carbonyl (C=O) groups is 2. The van der Waals surface area contributed by atoms with E-state index in [2.05, 4.69) is 10.0 Å². The third-order valence-corrected chi connectivity index (χ3v) is 6.09. The molecule has 0 unspecified atom stereocenters. The number of hydrogen-bond donors (Lipinski definition) is 2. The molecular weight excluding hydrogens is 428 g/mol. The summed E-state index contributed by atoms with van der Waals surface area (Å²) in [7, 11) is -3.66. The molecule has 0 aromatic heterocycles. The molecule has 0 atom stereocenters. The van der Waals surface area contributed by atoms with Crippen LogP contribution in [0.25, 0.3) is 11.1 Å². The Labute approximate surface area is 187 Å². The minimum Gasteiger partial charge on any atom is -0.452 e. The predicted molar refractivity (Wildman–Crippen MR) is 123 cm³/mol. The van der Waals surface area contributed by atoms with Crippen molar-refractivity contribution in [2.45, 2.75) is 24.8 Å². The molecule has 2 N–H and O–H groups in total. The smallest absolute Gasteiger partial charge is 0.338 e. The van der Waals surface area contributed by atoms with Crippen molar-refractivity contribution in [3.63, 3.8) is 0 Å². The summed E-state index contributed by atoms with van der Waals surface area (Å²) >= 11 is 0. The lowest BCUT2D eigenvalue weighted by molar-refractivity contribution is -0.119. The van der Waals surface area contributed by atoms with Gasteiger partial charge in [0.25, 0.3) is 5.91 Å². The van der Waals surface area contributed by atoms with Crippen molar-refractivity contribution in [3.05, 3.63) is 84.4 Å². The van der Waals surface area contributed by atoms with Crippen molar-refractivity contribution in [2.75, 3.05) is 11.9 Å². The lowest BCUT2D eigenvalue weighted by atomic mass is 10.0. The summed E-state index contributed by atoms with van der Waals surface area (Å²) in [5, 5.41) is 2.76. The molecule has 0 spiro atoms. The molecule has 3 aromatic rings. The van der Waals surface area contributed by atoms with Crippen molar-refractivity contribution in [3.8, 4) is 11.1 Å². The van der Waals surface area contributed by atoms with Crippen LogP contribution in [0.5, 0.6) is 0 Å². The number of amides is 1. The van der Waals surface area contributed by atoms with Gasteiger partial charge in [0, 0.05) is 17.3 Å². The Hall–Kier alpha value is -3.49. The number of carbonyl (C=O) groups excluding carboxylic acids is 2. The van der Waals surface area contributed by atoms with Gasteiger partial charge < -0.3 is 10.1 Å². The molecule has 0 heterocycles. The van der Waals surface area contributed by atoms with E-state index in [0.29, 0.717) is 5.69 Å². The number of para-hydroxylation sites is 1. The van der Waals surface area contributed by atoms with E-state index < -0.39 is 28.5 Å². The summed E-state index contributed by atoms with van der Waals surface area (Å²) in [6, 6.07) is 22.0. The Bertz CT molecular complexity index is 1190. The zero-order valence-corrected chi connectivity index (χ0v) is 18.6. The van der Waals surface area contributed by atoms with Crippen LogP contribution >= 0.6 is 0 Å². The molecule has 166 valence electrons. The average molecular weight is 453 g/mol. The summed E-state index contributed by atoms with van der Waals surface area (Å²) in [5.74, 6) is -1.21. The van der Waals surface area contributed by atoms with Gasteiger partial charge in [0.15, 0.2) is 6.61 Å². The average Bonchev–Trinajstić information content (AvgIpc) is 2.78. The molecular formula is C24H24N2O5S. The third-order valence-electron chi connectivity index (χ3n) is 4.41. The number of hydrogen-bond acceptors (Lipinski definition) is 5. The SMILES string of the molecule is CC(C)NS(=O)(=O)c1ccc(C(=O)OCC(=O)Nc2ccccc2-c2ccccc2)cc1. The molecule has 32 heavy (non-hydrogen) atoms. The Morgan fingerprint density at radius 2 is 1.50 bits per heavy atom. The molecule has 1 amide bonds. The summed E-state index contributed by atoms with van der Waals surface area (Å²) in [5.41, 5.74) is 2.54. The largest absolute Gasteiger partial charge is 0.452 e. The van der Waals surface area contributed by atoms with E-state index in [9.17, 15) is 18.0 Å². The molecule has 0 aliphatic carbocycles. The summed E-state index contributed by atoms with van der Waals surface area (Å²) in [6.07, 6.45) is 0. The minimum atomic E-state index is -3.66. The van der Waals surface area contributed by atoms with Gasteiger partial charge in [-0.05, 0) is 49.7 Å². The number of esters is 1. The fourth-order valence-electron chi connectivity index (χ4n) is 3.01. The van der Waals surface area contributed by atoms with E-state index in [4.69, 9.17) is 4.74 Å². The van der Waals surface area contributed by atoms with Crippen LogP contribution in [0.3, 0.4) is 0 Å². The first-order valence-corrected chi connectivity index (χ1v) is 11.5. The van der Waals surface area contributed by atoms with Gasteiger partial charge in [-0.2, -0.15) is 0 Å². The lowest BCUT2D eigenvalue weighted by Gasteiger charge is -2.12. The summed E-state index contributed by atoms with van der Waals surface area (Å²) in [4.78, 5) is 24.6. The molecule has 0 fully saturated rings. The Balaban J connectivity index is 1.61. The fraction of sp³-hybridized carbons (Fsp3) is 0.167. The molecule has 0 saturated carbocycles.